The van der Waals surface area contributed by atoms with Crippen molar-refractivity contribution < 1.29 is 9.53 Å². The third-order valence-electron chi connectivity index (χ3n) is 7.79. The molecule has 1 amide bonds. The Kier molecular flexibility index (Phi) is 16.1. The molecule has 1 aromatic rings. The van der Waals surface area contributed by atoms with E-state index in [-0.39, 0.29) is 6.09 Å². The van der Waals surface area contributed by atoms with E-state index in [2.05, 4.69) is 47.9 Å². The molecule has 0 radical (unpaired) electrons. The van der Waals surface area contributed by atoms with Crippen molar-refractivity contribution in [3.05, 3.63) is 35.4 Å². The van der Waals surface area contributed by atoms with Gasteiger partial charge >= 0.3 is 6.09 Å². The van der Waals surface area contributed by atoms with Crippen LogP contribution >= 0.6 is 0 Å². The van der Waals surface area contributed by atoms with E-state index in [0.29, 0.717) is 18.1 Å². The molecule has 1 aromatic carbocycles. The van der Waals surface area contributed by atoms with E-state index < -0.39 is 0 Å². The highest BCUT2D eigenvalue weighted by Gasteiger charge is 2.43. The highest BCUT2D eigenvalue weighted by atomic mass is 16.6. The lowest BCUT2D eigenvalue weighted by molar-refractivity contribution is 0.0427. The number of hydrogen-bond acceptors (Lipinski definition) is 4. The van der Waals surface area contributed by atoms with Gasteiger partial charge in [-0.15, -0.1) is 0 Å². The Hall–Kier alpha value is -1.59. The van der Waals surface area contributed by atoms with Gasteiger partial charge in [0.2, 0.25) is 0 Å². The lowest BCUT2D eigenvalue weighted by atomic mass is 9.68. The fourth-order valence-electron chi connectivity index (χ4n) is 5.96. The number of carbonyl (C=O) groups is 1. The van der Waals surface area contributed by atoms with Crippen molar-refractivity contribution in [2.24, 2.45) is 5.92 Å². The van der Waals surface area contributed by atoms with Crippen LogP contribution in [0, 0.1) is 5.92 Å². The standard InChI is InChI=1S/C26H41N3O2.3C2H6/c1-4-31-25(30)29-15-10-23(11-16-29)28-17-12-26(13-18-28)20-27(14-9-21(2)3)19-22-7-5-6-8-24(22)26;3*1-2/h5-8,21,23H,4,9-20H2,1-3H3;3*1-2H3. The third kappa shape index (κ3) is 9.28. The first-order valence-electron chi connectivity index (χ1n) is 15.5. The SMILES string of the molecule is CC.CC.CC.CCOC(=O)N1CCC(N2CCC3(CC2)CN(CCC(C)C)Cc2ccccc23)CC1. The van der Waals surface area contributed by atoms with E-state index in [0.717, 1.165) is 38.4 Å². The van der Waals surface area contributed by atoms with E-state index in [4.69, 9.17) is 4.74 Å². The van der Waals surface area contributed by atoms with E-state index in [9.17, 15) is 4.79 Å². The normalized spacial score (nSPS) is 19.5. The smallest absolute Gasteiger partial charge is 0.409 e. The number of nitrogens with zero attached hydrogens (tertiary/aromatic N) is 3. The van der Waals surface area contributed by atoms with Crippen LogP contribution in [0.4, 0.5) is 4.79 Å². The number of hydrogen-bond donors (Lipinski definition) is 0. The Bertz CT molecular complexity index is 735. The van der Waals surface area contributed by atoms with Crippen molar-refractivity contribution >= 4 is 6.09 Å². The molecule has 3 aliphatic heterocycles. The van der Waals surface area contributed by atoms with Gasteiger partial charge in [0.05, 0.1) is 6.61 Å². The van der Waals surface area contributed by atoms with Gasteiger partial charge in [0.1, 0.15) is 0 Å². The number of likely N-dealkylation sites (tertiary alicyclic amines) is 2. The zero-order valence-electron chi connectivity index (χ0n) is 25.8. The Balaban J connectivity index is 0.00000106. The van der Waals surface area contributed by atoms with Crippen molar-refractivity contribution in [3.8, 4) is 0 Å². The number of benzene rings is 1. The second kappa shape index (κ2) is 17.8. The predicted octanol–water partition coefficient (Wildman–Crippen LogP) is 7.58. The first kappa shape index (κ1) is 33.4. The molecule has 4 rings (SSSR count). The summed E-state index contributed by atoms with van der Waals surface area (Å²) in [7, 11) is 0. The zero-order valence-corrected chi connectivity index (χ0v) is 25.8. The summed E-state index contributed by atoms with van der Waals surface area (Å²) in [6.07, 6.45) is 5.79. The fraction of sp³-hybridized carbons (Fsp3) is 0.781. The minimum absolute atomic E-state index is 0.140. The highest BCUT2D eigenvalue weighted by molar-refractivity contribution is 5.67. The summed E-state index contributed by atoms with van der Waals surface area (Å²) in [6.45, 7) is 26.6. The molecule has 3 aliphatic rings. The van der Waals surface area contributed by atoms with Gasteiger partial charge in [-0.25, -0.2) is 4.79 Å². The first-order chi connectivity index (χ1) is 18.0. The van der Waals surface area contributed by atoms with E-state index in [1.54, 1.807) is 11.1 Å². The van der Waals surface area contributed by atoms with Gasteiger partial charge in [-0.3, -0.25) is 4.90 Å². The molecular formula is C32H59N3O2. The molecule has 0 N–H and O–H groups in total. The van der Waals surface area contributed by atoms with Gasteiger partial charge in [-0.05, 0) is 75.7 Å². The molecule has 0 unspecified atom stereocenters. The second-order valence-electron chi connectivity index (χ2n) is 10.3. The summed E-state index contributed by atoms with van der Waals surface area (Å²) in [5, 5.41) is 0. The summed E-state index contributed by atoms with van der Waals surface area (Å²) in [6, 6.07) is 9.82. The van der Waals surface area contributed by atoms with Crippen molar-refractivity contribution in [2.75, 3.05) is 45.9 Å². The molecule has 2 saturated heterocycles. The van der Waals surface area contributed by atoms with Crippen LogP contribution in [0.2, 0.25) is 0 Å². The predicted molar refractivity (Wildman–Crippen MR) is 159 cm³/mol. The monoisotopic (exact) mass is 517 g/mol. The number of amides is 1. The maximum absolute atomic E-state index is 12.0. The lowest BCUT2D eigenvalue weighted by Gasteiger charge is -2.51. The highest BCUT2D eigenvalue weighted by Crippen LogP contribution is 2.42. The van der Waals surface area contributed by atoms with Crippen LogP contribution in [-0.4, -0.2) is 72.7 Å². The van der Waals surface area contributed by atoms with Crippen molar-refractivity contribution in [1.82, 2.24) is 14.7 Å². The van der Waals surface area contributed by atoms with E-state index in [1.165, 1.54) is 45.4 Å². The van der Waals surface area contributed by atoms with Crippen LogP contribution in [-0.2, 0) is 16.7 Å². The molecule has 3 heterocycles. The zero-order chi connectivity index (χ0) is 27.8. The van der Waals surface area contributed by atoms with Crippen molar-refractivity contribution in [2.45, 2.75) is 112 Å². The molecule has 1 spiro atoms. The van der Waals surface area contributed by atoms with Gasteiger partial charge in [-0.2, -0.15) is 0 Å². The summed E-state index contributed by atoms with van der Waals surface area (Å²) in [4.78, 5) is 19.3. The lowest BCUT2D eigenvalue weighted by Crippen LogP contribution is -2.55. The number of piperidine rings is 2. The molecule has 2 fully saturated rings. The number of fused-ring (bicyclic) bond motifs is 2. The average Bonchev–Trinajstić information content (AvgIpc) is 2.96. The van der Waals surface area contributed by atoms with E-state index >= 15 is 0 Å². The Morgan fingerprint density at radius 1 is 0.973 bits per heavy atom. The second-order valence-corrected chi connectivity index (χ2v) is 10.3. The number of rotatable bonds is 5. The average molecular weight is 518 g/mol. The van der Waals surface area contributed by atoms with Gasteiger partial charge in [-0.1, -0.05) is 79.7 Å². The Morgan fingerprint density at radius 2 is 1.57 bits per heavy atom. The molecule has 5 nitrogen and oxygen atoms in total. The molecule has 0 aliphatic carbocycles. The molecule has 0 aromatic heterocycles. The molecule has 0 saturated carbocycles. The molecule has 37 heavy (non-hydrogen) atoms. The van der Waals surface area contributed by atoms with Gasteiger partial charge in [0.15, 0.2) is 0 Å². The van der Waals surface area contributed by atoms with Crippen LogP contribution in [0.25, 0.3) is 0 Å². The maximum atomic E-state index is 12.0. The Labute approximate surface area is 229 Å². The minimum Gasteiger partial charge on any atom is -0.450 e. The Morgan fingerprint density at radius 3 is 2.14 bits per heavy atom. The first-order valence-corrected chi connectivity index (χ1v) is 15.5. The number of ether oxygens (including phenoxy) is 1. The maximum Gasteiger partial charge on any atom is 0.409 e. The van der Waals surface area contributed by atoms with Crippen molar-refractivity contribution in [1.29, 1.82) is 0 Å². The molecular weight excluding hydrogens is 458 g/mol. The van der Waals surface area contributed by atoms with Crippen LogP contribution < -0.4 is 0 Å². The molecule has 0 atom stereocenters. The van der Waals surface area contributed by atoms with Crippen LogP contribution in [0.3, 0.4) is 0 Å². The largest absolute Gasteiger partial charge is 0.450 e. The van der Waals surface area contributed by atoms with Gasteiger partial charge in [0.25, 0.3) is 0 Å². The minimum atomic E-state index is -0.140. The van der Waals surface area contributed by atoms with Crippen LogP contribution in [0.1, 0.15) is 106 Å². The summed E-state index contributed by atoms with van der Waals surface area (Å²) < 4.78 is 5.18. The number of carbonyl (C=O) groups excluding carboxylic acids is 1. The van der Waals surface area contributed by atoms with Gasteiger partial charge in [0, 0.05) is 37.6 Å². The molecule has 5 heteroatoms. The van der Waals surface area contributed by atoms with Crippen LogP contribution in [0.5, 0.6) is 0 Å². The topological polar surface area (TPSA) is 36.0 Å². The summed E-state index contributed by atoms with van der Waals surface area (Å²) in [5.41, 5.74) is 3.48. The molecule has 214 valence electrons. The third-order valence-corrected chi connectivity index (χ3v) is 7.79. The quantitative estimate of drug-likeness (QED) is 0.403. The summed E-state index contributed by atoms with van der Waals surface area (Å²) >= 11 is 0. The summed E-state index contributed by atoms with van der Waals surface area (Å²) in [5.74, 6) is 0.760. The van der Waals surface area contributed by atoms with Gasteiger partial charge < -0.3 is 14.5 Å². The fourth-order valence-corrected chi connectivity index (χ4v) is 5.96. The van der Waals surface area contributed by atoms with Crippen LogP contribution in [0.15, 0.2) is 24.3 Å². The van der Waals surface area contributed by atoms with Crippen molar-refractivity contribution in [3.63, 3.8) is 0 Å². The van der Waals surface area contributed by atoms with E-state index in [1.807, 2.05) is 53.4 Å². The molecule has 0 bridgehead atoms.